The van der Waals surface area contributed by atoms with Gasteiger partial charge >= 0.3 is 0 Å². The van der Waals surface area contributed by atoms with Crippen LogP contribution in [0.1, 0.15) is 24.2 Å². The molecule has 5 rings (SSSR count). The fraction of sp³-hybridized carbons (Fsp3) is 0.400. The highest BCUT2D eigenvalue weighted by Crippen LogP contribution is 2.43. The highest BCUT2D eigenvalue weighted by molar-refractivity contribution is 7.89. The minimum Gasteiger partial charge on any atom is -0.346 e. The highest BCUT2D eigenvalue weighted by Gasteiger charge is 2.47. The molecule has 6 nitrogen and oxygen atoms in total. The Bertz CT molecular complexity index is 1110. The number of piperidine rings is 1. The second-order valence-corrected chi connectivity index (χ2v) is 11.5. The van der Waals surface area contributed by atoms with Gasteiger partial charge in [-0.2, -0.15) is 20.0 Å². The van der Waals surface area contributed by atoms with Crippen LogP contribution in [0.2, 0.25) is 0 Å². The highest BCUT2D eigenvalue weighted by atomic mass is 32.2. The van der Waals surface area contributed by atoms with E-state index in [-0.39, 0.29) is 11.2 Å². The van der Waals surface area contributed by atoms with Crippen molar-refractivity contribution in [2.24, 2.45) is 5.41 Å². The fourth-order valence-corrected chi connectivity index (χ4v) is 7.33. The van der Waals surface area contributed by atoms with Gasteiger partial charge in [0.25, 0.3) is 0 Å². The Balaban J connectivity index is 1.17. The third-order valence-corrected chi connectivity index (χ3v) is 9.51. The summed E-state index contributed by atoms with van der Waals surface area (Å²) >= 11 is 2.80. The van der Waals surface area contributed by atoms with Crippen LogP contribution in [-0.4, -0.2) is 48.3 Å². The molecule has 0 unspecified atom stereocenters. The molecule has 2 aliphatic rings. The number of rotatable bonds is 5. The van der Waals surface area contributed by atoms with E-state index in [4.69, 9.17) is 0 Å². The second-order valence-electron chi connectivity index (χ2n) is 8.02. The van der Waals surface area contributed by atoms with Crippen molar-refractivity contribution in [3.05, 3.63) is 58.3 Å². The van der Waals surface area contributed by atoms with Crippen LogP contribution in [0.25, 0.3) is 0 Å². The Morgan fingerprint density at radius 2 is 1.83 bits per heavy atom. The van der Waals surface area contributed by atoms with Gasteiger partial charge in [0.05, 0.1) is 4.90 Å². The lowest BCUT2D eigenvalue weighted by atomic mass is 9.73. The van der Waals surface area contributed by atoms with Crippen molar-refractivity contribution in [1.82, 2.24) is 13.7 Å². The quantitative estimate of drug-likeness (QED) is 0.577. The molecule has 0 saturated carbocycles. The molecule has 0 atom stereocenters. The Hall–Kier alpha value is -1.88. The van der Waals surface area contributed by atoms with Gasteiger partial charge < -0.3 is 4.90 Å². The zero-order chi connectivity index (χ0) is 20.8. The molecule has 4 heterocycles. The molecule has 0 aliphatic carbocycles. The maximum Gasteiger partial charge on any atom is 0.243 e. The van der Waals surface area contributed by atoms with Gasteiger partial charge in [0.2, 0.25) is 15.2 Å². The van der Waals surface area contributed by atoms with Crippen LogP contribution in [0.15, 0.2) is 46.0 Å². The molecular weight excluding hydrogens is 443 g/mol. The number of halogens is 1. The van der Waals surface area contributed by atoms with Crippen molar-refractivity contribution in [1.29, 1.82) is 0 Å². The molecule has 0 amide bonds. The summed E-state index contributed by atoms with van der Waals surface area (Å²) in [5, 5.41) is 4.41. The van der Waals surface area contributed by atoms with Gasteiger partial charge in [0, 0.05) is 54.9 Å². The molecule has 2 aromatic heterocycles. The van der Waals surface area contributed by atoms with E-state index < -0.39 is 10.0 Å². The Labute approximate surface area is 183 Å². The second kappa shape index (κ2) is 7.67. The number of thiophene rings is 1. The van der Waals surface area contributed by atoms with E-state index >= 15 is 0 Å². The zero-order valence-corrected chi connectivity index (χ0v) is 18.6. The van der Waals surface area contributed by atoms with E-state index in [1.54, 1.807) is 33.3 Å². The number of anilines is 1. The molecule has 0 N–H and O–H groups in total. The van der Waals surface area contributed by atoms with Gasteiger partial charge in [0.1, 0.15) is 11.6 Å². The van der Waals surface area contributed by atoms with Gasteiger partial charge in [-0.25, -0.2) is 17.8 Å². The van der Waals surface area contributed by atoms with Crippen LogP contribution in [-0.2, 0) is 16.4 Å². The van der Waals surface area contributed by atoms with Crippen molar-refractivity contribution < 1.29 is 12.8 Å². The van der Waals surface area contributed by atoms with Crippen molar-refractivity contribution in [3.63, 3.8) is 0 Å². The maximum absolute atomic E-state index is 13.1. The molecule has 2 saturated heterocycles. The third-order valence-electron chi connectivity index (χ3n) is 5.97. The van der Waals surface area contributed by atoms with E-state index in [0.717, 1.165) is 42.5 Å². The molecule has 1 aromatic carbocycles. The fourth-order valence-electron chi connectivity index (χ4n) is 4.19. The van der Waals surface area contributed by atoms with Gasteiger partial charge in [-0.15, -0.1) is 0 Å². The standard InChI is InChI=1S/C20H21FN4O2S3/c21-16-3-1-15(2-4-16)11-18-22-19(29-23-18)24-13-20(14-24)6-8-25(9-7-20)30(26,27)17-5-10-28-12-17/h1-5,10,12H,6-9,11,13-14H2. The summed E-state index contributed by atoms with van der Waals surface area (Å²) in [6.45, 7) is 2.92. The van der Waals surface area contributed by atoms with Crippen molar-refractivity contribution >= 4 is 38.0 Å². The number of sulfonamides is 1. The van der Waals surface area contributed by atoms with Crippen LogP contribution in [0.4, 0.5) is 9.52 Å². The molecule has 10 heteroatoms. The minimum absolute atomic E-state index is 0.170. The Kier molecular flexibility index (Phi) is 5.12. The number of benzene rings is 1. The van der Waals surface area contributed by atoms with Crippen LogP contribution in [0.3, 0.4) is 0 Å². The summed E-state index contributed by atoms with van der Waals surface area (Å²) in [5.41, 5.74) is 1.16. The lowest BCUT2D eigenvalue weighted by Gasteiger charge is -2.53. The van der Waals surface area contributed by atoms with Gasteiger partial charge in [0.15, 0.2) is 0 Å². The van der Waals surface area contributed by atoms with Crippen molar-refractivity contribution in [3.8, 4) is 0 Å². The smallest absolute Gasteiger partial charge is 0.243 e. The van der Waals surface area contributed by atoms with Crippen molar-refractivity contribution in [2.45, 2.75) is 24.2 Å². The summed E-state index contributed by atoms with van der Waals surface area (Å²) in [4.78, 5) is 7.29. The van der Waals surface area contributed by atoms with E-state index in [1.165, 1.54) is 35.0 Å². The molecule has 0 radical (unpaired) electrons. The van der Waals surface area contributed by atoms with Crippen LogP contribution in [0.5, 0.6) is 0 Å². The van der Waals surface area contributed by atoms with E-state index in [1.807, 2.05) is 0 Å². The third kappa shape index (κ3) is 3.77. The summed E-state index contributed by atoms with van der Waals surface area (Å²) in [7, 11) is -3.36. The zero-order valence-electron chi connectivity index (χ0n) is 16.2. The minimum atomic E-state index is -3.36. The first-order chi connectivity index (χ1) is 14.4. The van der Waals surface area contributed by atoms with Crippen LogP contribution >= 0.6 is 22.9 Å². The predicted molar refractivity (Wildman–Crippen MR) is 116 cm³/mol. The van der Waals surface area contributed by atoms with Gasteiger partial charge in [-0.05, 0) is 42.0 Å². The first-order valence-corrected chi connectivity index (χ1v) is 12.9. The monoisotopic (exact) mass is 464 g/mol. The first kappa shape index (κ1) is 20.0. The lowest BCUT2D eigenvalue weighted by molar-refractivity contribution is 0.115. The van der Waals surface area contributed by atoms with E-state index in [9.17, 15) is 12.8 Å². The van der Waals surface area contributed by atoms with Crippen LogP contribution < -0.4 is 4.90 Å². The Morgan fingerprint density at radius 3 is 2.50 bits per heavy atom. The molecular formula is C20H21FN4O2S3. The molecule has 0 bridgehead atoms. The number of nitrogens with zero attached hydrogens (tertiary/aromatic N) is 4. The van der Waals surface area contributed by atoms with Crippen LogP contribution in [0, 0.1) is 11.2 Å². The average molecular weight is 465 g/mol. The maximum atomic E-state index is 13.1. The van der Waals surface area contributed by atoms with E-state index in [2.05, 4.69) is 14.3 Å². The largest absolute Gasteiger partial charge is 0.346 e. The Morgan fingerprint density at radius 1 is 1.10 bits per heavy atom. The molecule has 30 heavy (non-hydrogen) atoms. The predicted octanol–water partition coefficient (Wildman–Crippen LogP) is 3.62. The molecule has 2 aliphatic heterocycles. The molecule has 3 aromatic rings. The number of aromatic nitrogens is 2. The average Bonchev–Trinajstić information content (AvgIpc) is 3.40. The number of hydrogen-bond donors (Lipinski definition) is 0. The summed E-state index contributed by atoms with van der Waals surface area (Å²) in [6.07, 6.45) is 2.33. The summed E-state index contributed by atoms with van der Waals surface area (Å²) in [5.74, 6) is 0.505. The van der Waals surface area contributed by atoms with Gasteiger partial charge in [-0.1, -0.05) is 12.1 Å². The number of hydrogen-bond acceptors (Lipinski definition) is 7. The van der Waals surface area contributed by atoms with Gasteiger partial charge in [-0.3, -0.25) is 0 Å². The van der Waals surface area contributed by atoms with E-state index in [0.29, 0.717) is 24.4 Å². The van der Waals surface area contributed by atoms with Crippen molar-refractivity contribution in [2.75, 3.05) is 31.1 Å². The first-order valence-electron chi connectivity index (χ1n) is 9.78. The summed E-state index contributed by atoms with van der Waals surface area (Å²) in [6, 6.07) is 8.09. The topological polar surface area (TPSA) is 66.4 Å². The summed E-state index contributed by atoms with van der Waals surface area (Å²) < 4.78 is 44.5. The lowest BCUT2D eigenvalue weighted by Crippen LogP contribution is -2.61. The molecule has 1 spiro atoms. The normalized spacial score (nSPS) is 19.2. The SMILES string of the molecule is O=S(=O)(c1ccsc1)N1CCC2(CC1)CN(c1nc(Cc3ccc(F)cc3)ns1)C2. The molecule has 158 valence electrons. The molecule has 2 fully saturated rings.